The monoisotopic (exact) mass is 330 g/mol. The molecule has 0 aromatic heterocycles. The number of carbonyl (C=O) groups is 1. The number of carboxylic acids is 1. The Kier molecular flexibility index (Phi) is 17.8. The van der Waals surface area contributed by atoms with Crippen molar-refractivity contribution in [1.29, 1.82) is 0 Å². The van der Waals surface area contributed by atoms with E-state index in [0.717, 1.165) is 12.5 Å². The highest BCUT2D eigenvalue weighted by atomic mass is 16.4. The van der Waals surface area contributed by atoms with Gasteiger partial charge in [0.15, 0.2) is 0 Å². The third kappa shape index (κ3) is 20.2. The molecule has 0 saturated carbocycles. The molecule has 0 bridgehead atoms. The summed E-state index contributed by atoms with van der Waals surface area (Å²) in [7, 11) is 0. The summed E-state index contributed by atoms with van der Waals surface area (Å²) in [6.45, 7) is 2.26. The lowest BCUT2D eigenvalue weighted by Crippen LogP contribution is -1.84. The van der Waals surface area contributed by atoms with Crippen LogP contribution in [0.3, 0.4) is 0 Å². The first-order valence-corrected chi connectivity index (χ1v) is 9.33. The molecule has 24 heavy (non-hydrogen) atoms. The maximum absolute atomic E-state index is 10.2. The molecule has 134 valence electrons. The first-order chi connectivity index (χ1) is 11.8. The lowest BCUT2D eigenvalue weighted by Gasteiger charge is -2.00. The van der Waals surface area contributed by atoms with E-state index in [-0.39, 0.29) is 0 Å². The Morgan fingerprint density at radius 2 is 1.12 bits per heavy atom. The quantitative estimate of drug-likeness (QED) is 0.204. The Bertz CT molecular complexity index is 425. The maximum atomic E-state index is 10.2. The third-order valence-electron chi connectivity index (χ3n) is 3.63. The van der Waals surface area contributed by atoms with Gasteiger partial charge in [-0.1, -0.05) is 113 Å². The molecule has 0 amide bonds. The number of hydrogen-bond acceptors (Lipinski definition) is 1. The van der Waals surface area contributed by atoms with Gasteiger partial charge in [0.1, 0.15) is 0 Å². The third-order valence-corrected chi connectivity index (χ3v) is 3.63. The summed E-state index contributed by atoms with van der Waals surface area (Å²) in [5.74, 6) is -0.930. The van der Waals surface area contributed by atoms with Crippen LogP contribution in [0.15, 0.2) is 60.8 Å². The van der Waals surface area contributed by atoms with Crippen molar-refractivity contribution in [3.63, 3.8) is 0 Å². The zero-order valence-corrected chi connectivity index (χ0v) is 15.2. The van der Waals surface area contributed by atoms with Crippen molar-refractivity contribution >= 4 is 5.97 Å². The average Bonchev–Trinajstić information content (AvgIpc) is 2.56. The van der Waals surface area contributed by atoms with Gasteiger partial charge in [-0.25, -0.2) is 4.79 Å². The highest BCUT2D eigenvalue weighted by Crippen LogP contribution is 2.10. The number of carboxylic acid groups (broad SMARTS) is 1. The van der Waals surface area contributed by atoms with Crippen LogP contribution in [0.4, 0.5) is 0 Å². The number of hydrogen-bond donors (Lipinski definition) is 1. The number of unbranched alkanes of at least 4 members (excludes halogenated alkanes) is 9. The maximum Gasteiger partial charge on any atom is 0.328 e. The Balaban J connectivity index is 3.44. The number of allylic oxidation sites excluding steroid dienone is 9. The molecular formula is C22H34O2. The van der Waals surface area contributed by atoms with E-state index in [2.05, 4.69) is 19.1 Å². The van der Waals surface area contributed by atoms with E-state index in [0.29, 0.717) is 0 Å². The lowest BCUT2D eigenvalue weighted by molar-refractivity contribution is -0.131. The second kappa shape index (κ2) is 19.2. The molecular weight excluding hydrogens is 296 g/mol. The summed E-state index contributed by atoms with van der Waals surface area (Å²) >= 11 is 0. The van der Waals surface area contributed by atoms with Crippen molar-refractivity contribution in [2.24, 2.45) is 0 Å². The van der Waals surface area contributed by atoms with Gasteiger partial charge in [0, 0.05) is 6.08 Å². The summed E-state index contributed by atoms with van der Waals surface area (Å²) in [6, 6.07) is 0. The van der Waals surface area contributed by atoms with E-state index in [9.17, 15) is 4.79 Å². The average molecular weight is 331 g/mol. The smallest absolute Gasteiger partial charge is 0.328 e. The largest absolute Gasteiger partial charge is 0.478 e. The Morgan fingerprint density at radius 1 is 0.667 bits per heavy atom. The molecule has 0 spiro atoms. The van der Waals surface area contributed by atoms with E-state index in [1.165, 1.54) is 63.9 Å². The zero-order chi connectivity index (χ0) is 17.7. The van der Waals surface area contributed by atoms with Crippen LogP contribution in [-0.4, -0.2) is 11.1 Å². The van der Waals surface area contributed by atoms with Gasteiger partial charge in [0.2, 0.25) is 0 Å². The van der Waals surface area contributed by atoms with E-state index in [1.807, 2.05) is 24.3 Å². The Hall–Kier alpha value is -1.83. The minimum atomic E-state index is -0.930. The first kappa shape index (κ1) is 22.2. The van der Waals surface area contributed by atoms with Crippen LogP contribution < -0.4 is 0 Å². The summed E-state index contributed by atoms with van der Waals surface area (Å²) in [4.78, 5) is 10.2. The van der Waals surface area contributed by atoms with E-state index in [1.54, 1.807) is 12.2 Å². The van der Waals surface area contributed by atoms with Gasteiger partial charge in [-0.3, -0.25) is 0 Å². The molecule has 0 unspecified atom stereocenters. The van der Waals surface area contributed by atoms with Crippen molar-refractivity contribution < 1.29 is 9.90 Å². The first-order valence-electron chi connectivity index (χ1n) is 9.33. The molecule has 0 rings (SSSR count). The second-order valence-corrected chi connectivity index (χ2v) is 5.90. The molecule has 0 aliphatic heterocycles. The van der Waals surface area contributed by atoms with Gasteiger partial charge in [0.05, 0.1) is 0 Å². The van der Waals surface area contributed by atoms with Gasteiger partial charge in [-0.15, -0.1) is 0 Å². The Labute approximate surface area is 148 Å². The predicted molar refractivity (Wildman–Crippen MR) is 105 cm³/mol. The minimum absolute atomic E-state index is 0.930. The summed E-state index contributed by atoms with van der Waals surface area (Å²) in [6.07, 6.45) is 31.7. The number of aliphatic carboxylic acids is 1. The van der Waals surface area contributed by atoms with Crippen molar-refractivity contribution in [2.45, 2.75) is 71.1 Å². The molecule has 0 atom stereocenters. The van der Waals surface area contributed by atoms with Crippen LogP contribution >= 0.6 is 0 Å². The van der Waals surface area contributed by atoms with Gasteiger partial charge >= 0.3 is 5.97 Å². The fraction of sp³-hybridized carbons (Fsp3) is 0.500. The molecule has 0 heterocycles. The predicted octanol–water partition coefficient (Wildman–Crippen LogP) is 6.77. The molecule has 0 aliphatic rings. The molecule has 0 fully saturated rings. The summed E-state index contributed by atoms with van der Waals surface area (Å²) in [5.41, 5.74) is 0. The SMILES string of the molecule is CCCCCCCCCCC/C=C/C=C/C=C/C=C/C=C/C(=O)O. The minimum Gasteiger partial charge on any atom is -0.478 e. The van der Waals surface area contributed by atoms with Crippen LogP contribution in [0.2, 0.25) is 0 Å². The summed E-state index contributed by atoms with van der Waals surface area (Å²) in [5, 5.41) is 8.40. The topological polar surface area (TPSA) is 37.3 Å². The second-order valence-electron chi connectivity index (χ2n) is 5.90. The van der Waals surface area contributed by atoms with E-state index in [4.69, 9.17) is 5.11 Å². The van der Waals surface area contributed by atoms with Gasteiger partial charge in [0.25, 0.3) is 0 Å². The highest BCUT2D eigenvalue weighted by molar-refractivity contribution is 5.80. The highest BCUT2D eigenvalue weighted by Gasteiger charge is 1.90. The molecule has 2 nitrogen and oxygen atoms in total. The normalized spacial score (nSPS) is 12.7. The molecule has 0 aromatic carbocycles. The molecule has 2 heteroatoms. The van der Waals surface area contributed by atoms with Crippen LogP contribution in [0.1, 0.15) is 71.1 Å². The fourth-order valence-electron chi connectivity index (χ4n) is 2.27. The van der Waals surface area contributed by atoms with Crippen LogP contribution in [0.5, 0.6) is 0 Å². The fourth-order valence-corrected chi connectivity index (χ4v) is 2.27. The van der Waals surface area contributed by atoms with Gasteiger partial charge in [-0.2, -0.15) is 0 Å². The van der Waals surface area contributed by atoms with Gasteiger partial charge < -0.3 is 5.11 Å². The summed E-state index contributed by atoms with van der Waals surface area (Å²) < 4.78 is 0. The number of rotatable bonds is 15. The van der Waals surface area contributed by atoms with Gasteiger partial charge in [-0.05, 0) is 12.8 Å². The van der Waals surface area contributed by atoms with Crippen molar-refractivity contribution in [3.05, 3.63) is 60.8 Å². The molecule has 0 saturated heterocycles. The van der Waals surface area contributed by atoms with Crippen molar-refractivity contribution in [2.75, 3.05) is 0 Å². The molecule has 0 radical (unpaired) electrons. The van der Waals surface area contributed by atoms with Crippen LogP contribution in [-0.2, 0) is 4.79 Å². The molecule has 0 aliphatic carbocycles. The lowest BCUT2D eigenvalue weighted by atomic mass is 10.1. The molecule has 0 aromatic rings. The van der Waals surface area contributed by atoms with Crippen LogP contribution in [0.25, 0.3) is 0 Å². The van der Waals surface area contributed by atoms with Crippen molar-refractivity contribution in [3.8, 4) is 0 Å². The van der Waals surface area contributed by atoms with Crippen LogP contribution in [0, 0.1) is 0 Å². The van der Waals surface area contributed by atoms with E-state index >= 15 is 0 Å². The van der Waals surface area contributed by atoms with Crippen molar-refractivity contribution in [1.82, 2.24) is 0 Å². The standard InChI is InChI=1S/C22H34O2/c1-2-3-4-5-6-7-8-9-10-11-12-13-14-15-16-17-18-19-20-21-22(23)24/h12-21H,2-11H2,1H3,(H,23,24)/b13-12+,15-14+,17-16+,19-18+,21-20+. The van der Waals surface area contributed by atoms with E-state index < -0.39 is 5.97 Å². The zero-order valence-electron chi connectivity index (χ0n) is 15.2. The Morgan fingerprint density at radius 3 is 1.67 bits per heavy atom. The molecule has 1 N–H and O–H groups in total.